The van der Waals surface area contributed by atoms with Gasteiger partial charge in [-0.1, -0.05) is 0 Å². The summed E-state index contributed by atoms with van der Waals surface area (Å²) in [5.41, 5.74) is 5.99. The molecular formula is C8H11NO4S. The van der Waals surface area contributed by atoms with Crippen LogP contribution in [-0.2, 0) is 19.8 Å². The third-order valence-electron chi connectivity index (χ3n) is 1.87. The summed E-state index contributed by atoms with van der Waals surface area (Å²) in [5, 5.41) is 0. The van der Waals surface area contributed by atoms with E-state index in [0.29, 0.717) is 11.5 Å². The molecule has 6 heteroatoms. The summed E-state index contributed by atoms with van der Waals surface area (Å²) in [5.74, 6) is 0.696. The van der Waals surface area contributed by atoms with Gasteiger partial charge in [0.1, 0.15) is 16.4 Å². The van der Waals surface area contributed by atoms with Gasteiger partial charge < -0.3 is 15.2 Å². The Hall–Kier alpha value is -1.43. The second kappa shape index (κ2) is 4.19. The molecule has 0 saturated carbocycles. The average Bonchev–Trinajstić information content (AvgIpc) is 2.16. The summed E-state index contributed by atoms with van der Waals surface area (Å²) in [6, 6.07) is 0. The predicted octanol–water partition coefficient (Wildman–Crippen LogP) is -0.211. The van der Waals surface area contributed by atoms with Crippen LogP contribution in [0.4, 0.5) is 0 Å². The minimum Gasteiger partial charge on any atom is -0.499 e. The minimum atomic E-state index is -2.32. The van der Waals surface area contributed by atoms with Gasteiger partial charge in [0.15, 0.2) is 0 Å². The Morgan fingerprint density at radius 2 is 2.00 bits per heavy atom. The molecule has 1 rings (SSSR count). The molecule has 1 aliphatic rings. The first-order chi connectivity index (χ1) is 6.60. The maximum atomic E-state index is 10.8. The number of allylic oxidation sites excluding steroid dienone is 3. The minimum absolute atomic E-state index is 0.137. The Balaban J connectivity index is 3.26. The van der Waals surface area contributed by atoms with Crippen LogP contribution in [0.5, 0.6) is 0 Å². The van der Waals surface area contributed by atoms with Gasteiger partial charge in [-0.05, 0) is 0 Å². The summed E-state index contributed by atoms with van der Waals surface area (Å²) >= 11 is 0. The lowest BCUT2D eigenvalue weighted by molar-refractivity contribution is 0.275. The first-order valence-corrected chi connectivity index (χ1v) is 4.91. The molecule has 0 atom stereocenters. The molecule has 0 spiro atoms. The quantitative estimate of drug-likeness (QED) is 0.647. The molecule has 14 heavy (non-hydrogen) atoms. The van der Waals surface area contributed by atoms with E-state index in [1.807, 2.05) is 0 Å². The molecule has 78 valence electrons. The van der Waals surface area contributed by atoms with Crippen LogP contribution in [-0.4, -0.2) is 27.5 Å². The van der Waals surface area contributed by atoms with Gasteiger partial charge >= 0.3 is 0 Å². The number of rotatable bonds is 2. The Morgan fingerprint density at radius 1 is 1.36 bits per heavy atom. The smallest absolute Gasteiger partial charge is 0.221 e. The lowest BCUT2D eigenvalue weighted by Gasteiger charge is -2.16. The van der Waals surface area contributed by atoms with Crippen molar-refractivity contribution in [2.75, 3.05) is 14.2 Å². The van der Waals surface area contributed by atoms with Crippen molar-refractivity contribution in [3.63, 3.8) is 0 Å². The molecule has 0 bridgehead atoms. The van der Waals surface area contributed by atoms with Crippen molar-refractivity contribution in [1.82, 2.24) is 0 Å². The zero-order valence-electron chi connectivity index (χ0n) is 7.90. The Kier molecular flexibility index (Phi) is 3.19. The summed E-state index contributed by atoms with van der Waals surface area (Å²) in [7, 11) is 0.521. The molecule has 0 aromatic rings. The van der Waals surface area contributed by atoms with Crippen molar-refractivity contribution in [3.8, 4) is 0 Å². The standard InChI is InChI=1S/C8H11NO4S/c1-12-6-4-8(14(10)11)7(13-2)3-5(6)9/h3H,4,9H2,1-2H3. The second-order valence-corrected chi connectivity index (χ2v) is 3.59. The summed E-state index contributed by atoms with van der Waals surface area (Å²) in [6.45, 7) is 0. The van der Waals surface area contributed by atoms with Gasteiger partial charge in [-0.2, -0.15) is 8.42 Å². The first kappa shape index (κ1) is 10.6. The molecule has 0 aliphatic heterocycles. The van der Waals surface area contributed by atoms with Crippen LogP contribution in [0, 0.1) is 0 Å². The van der Waals surface area contributed by atoms with Crippen molar-refractivity contribution >= 4 is 15.2 Å². The maximum Gasteiger partial charge on any atom is 0.221 e. The van der Waals surface area contributed by atoms with Gasteiger partial charge in [-0.3, -0.25) is 0 Å². The summed E-state index contributed by atoms with van der Waals surface area (Å²) in [6.07, 6.45) is 1.57. The molecule has 0 saturated heterocycles. The molecule has 0 unspecified atom stereocenters. The van der Waals surface area contributed by atoms with E-state index in [1.54, 1.807) is 0 Å². The number of methoxy groups -OCH3 is 2. The molecule has 0 aromatic heterocycles. The number of nitrogens with two attached hydrogens (primary N) is 1. The van der Waals surface area contributed by atoms with Crippen molar-refractivity contribution in [3.05, 3.63) is 23.3 Å². The van der Waals surface area contributed by atoms with Gasteiger partial charge in [-0.15, -0.1) is 0 Å². The molecule has 0 fully saturated rings. The van der Waals surface area contributed by atoms with E-state index >= 15 is 0 Å². The van der Waals surface area contributed by atoms with Gasteiger partial charge in [0, 0.05) is 6.08 Å². The van der Waals surface area contributed by atoms with Crippen LogP contribution in [0.3, 0.4) is 0 Å². The molecule has 0 amide bonds. The normalized spacial score (nSPS) is 16.4. The van der Waals surface area contributed by atoms with E-state index in [9.17, 15) is 8.42 Å². The Morgan fingerprint density at radius 3 is 2.43 bits per heavy atom. The van der Waals surface area contributed by atoms with Crippen LogP contribution >= 0.6 is 0 Å². The van der Waals surface area contributed by atoms with Gasteiger partial charge in [-0.25, -0.2) is 0 Å². The van der Waals surface area contributed by atoms with Gasteiger partial charge in [0.25, 0.3) is 0 Å². The summed E-state index contributed by atoms with van der Waals surface area (Å²) in [4.78, 5) is 0.151. The van der Waals surface area contributed by atoms with E-state index in [4.69, 9.17) is 15.2 Å². The number of hydrogen-bond acceptors (Lipinski definition) is 5. The largest absolute Gasteiger partial charge is 0.499 e. The van der Waals surface area contributed by atoms with Crippen LogP contribution in [0.2, 0.25) is 0 Å². The summed E-state index contributed by atoms with van der Waals surface area (Å²) < 4.78 is 31.5. The molecular weight excluding hydrogens is 206 g/mol. The van der Waals surface area contributed by atoms with Crippen molar-refractivity contribution in [1.29, 1.82) is 0 Å². The highest BCUT2D eigenvalue weighted by atomic mass is 32.2. The fourth-order valence-electron chi connectivity index (χ4n) is 1.14. The third-order valence-corrected chi connectivity index (χ3v) is 2.62. The zero-order chi connectivity index (χ0) is 10.7. The second-order valence-electron chi connectivity index (χ2n) is 2.63. The van der Waals surface area contributed by atoms with E-state index in [0.717, 1.165) is 0 Å². The van der Waals surface area contributed by atoms with Crippen LogP contribution in [0.25, 0.3) is 0 Å². The van der Waals surface area contributed by atoms with Gasteiger partial charge in [0.2, 0.25) is 10.3 Å². The molecule has 0 heterocycles. The lowest BCUT2D eigenvalue weighted by atomic mass is 10.1. The molecule has 0 radical (unpaired) electrons. The van der Waals surface area contributed by atoms with Crippen molar-refractivity contribution in [2.24, 2.45) is 5.73 Å². The third kappa shape index (κ3) is 1.90. The highest BCUT2D eigenvalue weighted by molar-refractivity contribution is 7.73. The Bertz CT molecular complexity index is 422. The van der Waals surface area contributed by atoms with Crippen molar-refractivity contribution < 1.29 is 17.9 Å². The molecule has 0 aromatic carbocycles. The molecule has 1 aliphatic carbocycles. The molecule has 2 N–H and O–H groups in total. The zero-order valence-corrected chi connectivity index (χ0v) is 8.72. The van der Waals surface area contributed by atoms with E-state index in [-0.39, 0.29) is 17.0 Å². The average molecular weight is 217 g/mol. The van der Waals surface area contributed by atoms with Crippen LogP contribution < -0.4 is 5.73 Å². The fourth-order valence-corrected chi connectivity index (χ4v) is 1.70. The number of ether oxygens (including phenoxy) is 2. The first-order valence-electron chi connectivity index (χ1n) is 3.84. The lowest BCUT2D eigenvalue weighted by Crippen LogP contribution is -2.17. The highest BCUT2D eigenvalue weighted by Gasteiger charge is 2.20. The Labute approximate surface area is 83.3 Å². The van der Waals surface area contributed by atoms with E-state index in [2.05, 4.69) is 0 Å². The SMILES string of the molecule is COC1=CC(N)=C(OC)CC1=S(=O)=O. The monoisotopic (exact) mass is 217 g/mol. The number of hydrogen-bond donors (Lipinski definition) is 1. The maximum absolute atomic E-state index is 10.8. The van der Waals surface area contributed by atoms with Crippen molar-refractivity contribution in [2.45, 2.75) is 6.42 Å². The highest BCUT2D eigenvalue weighted by Crippen LogP contribution is 2.19. The van der Waals surface area contributed by atoms with E-state index in [1.165, 1.54) is 20.3 Å². The fraction of sp³-hybridized carbons (Fsp3) is 0.375. The van der Waals surface area contributed by atoms with Gasteiger partial charge in [0.05, 0.1) is 26.3 Å². The van der Waals surface area contributed by atoms with Crippen LogP contribution in [0.15, 0.2) is 23.3 Å². The van der Waals surface area contributed by atoms with Crippen LogP contribution in [0.1, 0.15) is 6.42 Å². The topological polar surface area (TPSA) is 78.6 Å². The predicted molar refractivity (Wildman–Crippen MR) is 51.9 cm³/mol. The van der Waals surface area contributed by atoms with E-state index < -0.39 is 10.3 Å². The molecule has 5 nitrogen and oxygen atoms in total.